The maximum absolute atomic E-state index is 13.1. The van der Waals surface area contributed by atoms with E-state index >= 15 is 0 Å². The van der Waals surface area contributed by atoms with E-state index in [4.69, 9.17) is 30.5 Å². The van der Waals surface area contributed by atoms with Crippen molar-refractivity contribution in [2.45, 2.75) is 13.5 Å². The SMILES string of the molecule is CCOc1cc(C=C2SC(=O)N(CC(=O)Nc3ccc4c(c3)OCCO4)C2=O)cc(I)c1OCc1ccc(Cl)cc1. The van der Waals surface area contributed by atoms with Gasteiger partial charge in [0.2, 0.25) is 5.91 Å². The molecule has 3 amide bonds. The number of benzene rings is 3. The Hall–Kier alpha value is -3.42. The first kappa shape index (κ1) is 29.1. The summed E-state index contributed by atoms with van der Waals surface area (Å²) in [6.45, 7) is 3.04. The van der Waals surface area contributed by atoms with Crippen LogP contribution in [-0.2, 0) is 16.2 Å². The van der Waals surface area contributed by atoms with Gasteiger partial charge in [0.25, 0.3) is 11.1 Å². The zero-order valence-electron chi connectivity index (χ0n) is 21.8. The van der Waals surface area contributed by atoms with Crippen LogP contribution in [0, 0.1) is 3.57 Å². The maximum atomic E-state index is 13.1. The lowest BCUT2D eigenvalue weighted by molar-refractivity contribution is -0.127. The quantitative estimate of drug-likeness (QED) is 0.203. The summed E-state index contributed by atoms with van der Waals surface area (Å²) >= 11 is 8.89. The summed E-state index contributed by atoms with van der Waals surface area (Å²) in [7, 11) is 0. The number of nitrogens with one attached hydrogen (secondary N) is 1. The molecule has 1 saturated heterocycles. The molecular formula is C29H24ClIN2O7S. The van der Waals surface area contributed by atoms with E-state index in [2.05, 4.69) is 27.9 Å². The number of fused-ring (bicyclic) bond motifs is 1. The third-order valence-electron chi connectivity index (χ3n) is 5.93. The van der Waals surface area contributed by atoms with Crippen molar-refractivity contribution < 1.29 is 33.3 Å². The van der Waals surface area contributed by atoms with E-state index in [-0.39, 0.29) is 4.91 Å². The van der Waals surface area contributed by atoms with Gasteiger partial charge in [-0.3, -0.25) is 19.3 Å². The third-order valence-corrected chi connectivity index (χ3v) is 7.89. The number of amides is 3. The Bertz CT molecular complexity index is 1530. The van der Waals surface area contributed by atoms with Gasteiger partial charge in [0.15, 0.2) is 23.0 Å². The first-order valence-corrected chi connectivity index (χ1v) is 14.9. The molecule has 5 rings (SSSR count). The number of ether oxygens (including phenoxy) is 4. The molecule has 41 heavy (non-hydrogen) atoms. The molecule has 0 aromatic heterocycles. The van der Waals surface area contributed by atoms with E-state index in [1.807, 2.05) is 25.1 Å². The molecule has 0 radical (unpaired) electrons. The van der Waals surface area contributed by atoms with Crippen LogP contribution in [0.15, 0.2) is 59.5 Å². The number of carbonyl (C=O) groups excluding carboxylic acids is 3. The van der Waals surface area contributed by atoms with Crippen LogP contribution in [0.1, 0.15) is 18.1 Å². The zero-order chi connectivity index (χ0) is 28.9. The Kier molecular flexibility index (Phi) is 9.25. The summed E-state index contributed by atoms with van der Waals surface area (Å²) in [5.74, 6) is 1.13. The fourth-order valence-corrected chi connectivity index (χ4v) is 5.81. The number of hydrogen-bond acceptors (Lipinski definition) is 8. The zero-order valence-corrected chi connectivity index (χ0v) is 25.5. The summed E-state index contributed by atoms with van der Waals surface area (Å²) in [6, 6.07) is 16.0. The molecule has 12 heteroatoms. The highest BCUT2D eigenvalue weighted by Crippen LogP contribution is 2.38. The average molecular weight is 707 g/mol. The van der Waals surface area contributed by atoms with E-state index < -0.39 is 23.6 Å². The van der Waals surface area contributed by atoms with Gasteiger partial charge < -0.3 is 24.3 Å². The molecule has 2 aliphatic rings. The van der Waals surface area contributed by atoms with Crippen LogP contribution < -0.4 is 24.3 Å². The molecule has 3 aromatic rings. The van der Waals surface area contributed by atoms with Gasteiger partial charge in [-0.15, -0.1) is 0 Å². The van der Waals surface area contributed by atoms with Gasteiger partial charge in [-0.05, 0) is 94.9 Å². The van der Waals surface area contributed by atoms with Gasteiger partial charge in [-0.2, -0.15) is 0 Å². The van der Waals surface area contributed by atoms with Gasteiger partial charge in [0.1, 0.15) is 26.4 Å². The molecular weight excluding hydrogens is 683 g/mol. The molecule has 2 aliphatic heterocycles. The molecule has 1 fully saturated rings. The molecule has 0 spiro atoms. The number of thioether (sulfide) groups is 1. The minimum atomic E-state index is -0.548. The molecule has 0 saturated carbocycles. The number of nitrogens with zero attached hydrogens (tertiary/aromatic N) is 1. The topological polar surface area (TPSA) is 103 Å². The number of halogens is 2. The van der Waals surface area contributed by atoms with E-state index in [9.17, 15) is 14.4 Å². The Morgan fingerprint density at radius 3 is 2.59 bits per heavy atom. The molecule has 9 nitrogen and oxygen atoms in total. The van der Waals surface area contributed by atoms with Crippen LogP contribution in [0.25, 0.3) is 6.08 Å². The highest BCUT2D eigenvalue weighted by Gasteiger charge is 2.36. The summed E-state index contributed by atoms with van der Waals surface area (Å²) in [5, 5.41) is 2.82. The van der Waals surface area contributed by atoms with Crippen molar-refractivity contribution in [2.75, 3.05) is 31.7 Å². The highest BCUT2D eigenvalue weighted by atomic mass is 127. The van der Waals surface area contributed by atoms with E-state index in [1.54, 1.807) is 42.5 Å². The number of anilines is 1. The van der Waals surface area contributed by atoms with Crippen molar-refractivity contribution in [3.8, 4) is 23.0 Å². The van der Waals surface area contributed by atoms with Crippen LogP contribution in [-0.4, -0.2) is 48.3 Å². The Labute approximate surface area is 259 Å². The summed E-state index contributed by atoms with van der Waals surface area (Å²) < 4.78 is 23.7. The van der Waals surface area contributed by atoms with Crippen LogP contribution in [0.2, 0.25) is 5.02 Å². The fourth-order valence-electron chi connectivity index (χ4n) is 4.06. The first-order chi connectivity index (χ1) is 19.8. The van der Waals surface area contributed by atoms with Gasteiger partial charge in [-0.25, -0.2) is 0 Å². The van der Waals surface area contributed by atoms with Crippen LogP contribution in [0.4, 0.5) is 10.5 Å². The van der Waals surface area contributed by atoms with Crippen LogP contribution in [0.3, 0.4) is 0 Å². The smallest absolute Gasteiger partial charge is 0.294 e. The Balaban J connectivity index is 1.27. The van der Waals surface area contributed by atoms with Crippen molar-refractivity contribution in [2.24, 2.45) is 0 Å². The molecule has 0 aliphatic carbocycles. The monoisotopic (exact) mass is 706 g/mol. The summed E-state index contributed by atoms with van der Waals surface area (Å²) in [6.07, 6.45) is 1.61. The number of carbonyl (C=O) groups is 3. The van der Waals surface area contributed by atoms with Crippen molar-refractivity contribution in [3.63, 3.8) is 0 Å². The maximum Gasteiger partial charge on any atom is 0.294 e. The van der Waals surface area contributed by atoms with Crippen molar-refractivity contribution in [3.05, 3.63) is 79.2 Å². The van der Waals surface area contributed by atoms with Crippen LogP contribution >= 0.6 is 46.0 Å². The molecule has 0 unspecified atom stereocenters. The van der Waals surface area contributed by atoms with Gasteiger partial charge in [0.05, 0.1) is 15.1 Å². The lowest BCUT2D eigenvalue weighted by atomic mass is 10.1. The summed E-state index contributed by atoms with van der Waals surface area (Å²) in [5.41, 5.74) is 2.07. The largest absolute Gasteiger partial charge is 0.490 e. The minimum Gasteiger partial charge on any atom is -0.490 e. The molecule has 1 N–H and O–H groups in total. The minimum absolute atomic E-state index is 0.204. The normalized spacial score (nSPS) is 15.3. The van der Waals surface area contributed by atoms with E-state index in [0.717, 1.165) is 25.8 Å². The standard InChI is InChI=1S/C29H24ClIN2O7S/c1-2-37-24-12-18(11-21(31)27(24)40-16-17-3-5-19(30)6-4-17)13-25-28(35)33(29(36)41-25)15-26(34)32-20-7-8-22-23(14-20)39-10-9-38-22/h3-8,11-14H,2,9-10,15-16H2,1H3,(H,32,34). The lowest BCUT2D eigenvalue weighted by Gasteiger charge is -2.19. The lowest BCUT2D eigenvalue weighted by Crippen LogP contribution is -2.36. The fraction of sp³-hybridized carbons (Fsp3) is 0.207. The van der Waals surface area contributed by atoms with Gasteiger partial charge in [-0.1, -0.05) is 23.7 Å². The van der Waals surface area contributed by atoms with Crippen LogP contribution in [0.5, 0.6) is 23.0 Å². The molecule has 0 bridgehead atoms. The summed E-state index contributed by atoms with van der Waals surface area (Å²) in [4.78, 5) is 39.5. The van der Waals surface area contributed by atoms with Gasteiger partial charge >= 0.3 is 0 Å². The molecule has 2 heterocycles. The second-order valence-electron chi connectivity index (χ2n) is 8.85. The number of rotatable bonds is 9. The predicted octanol–water partition coefficient (Wildman–Crippen LogP) is 6.37. The molecule has 0 atom stereocenters. The predicted molar refractivity (Wildman–Crippen MR) is 165 cm³/mol. The number of hydrogen-bond donors (Lipinski definition) is 1. The Morgan fingerprint density at radius 2 is 1.83 bits per heavy atom. The second kappa shape index (κ2) is 13.0. The molecule has 212 valence electrons. The number of imide groups is 1. The highest BCUT2D eigenvalue weighted by molar-refractivity contribution is 14.1. The van der Waals surface area contributed by atoms with Gasteiger partial charge in [0, 0.05) is 16.8 Å². The van der Waals surface area contributed by atoms with Crippen molar-refractivity contribution in [1.29, 1.82) is 0 Å². The molecule has 3 aromatic carbocycles. The van der Waals surface area contributed by atoms with Crippen molar-refractivity contribution >= 4 is 74.8 Å². The first-order valence-electron chi connectivity index (χ1n) is 12.6. The van der Waals surface area contributed by atoms with Crippen molar-refractivity contribution in [1.82, 2.24) is 4.90 Å². The van der Waals surface area contributed by atoms with E-state index in [0.29, 0.717) is 65.7 Å². The average Bonchev–Trinajstić information content (AvgIpc) is 3.20. The Morgan fingerprint density at radius 1 is 1.07 bits per heavy atom. The second-order valence-corrected chi connectivity index (χ2v) is 11.4. The third kappa shape index (κ3) is 7.08. The van der Waals surface area contributed by atoms with E-state index in [1.165, 1.54) is 0 Å².